The van der Waals surface area contributed by atoms with Crippen LogP contribution in [0.3, 0.4) is 0 Å². The molecule has 2 aromatic carbocycles. The first kappa shape index (κ1) is 23.9. The van der Waals surface area contributed by atoms with E-state index in [9.17, 15) is 9.59 Å². The summed E-state index contributed by atoms with van der Waals surface area (Å²) in [7, 11) is 0. The Bertz CT molecular complexity index is 1320. The number of hydrogen-bond donors (Lipinski definition) is 0. The highest BCUT2D eigenvalue weighted by Gasteiger charge is 2.30. The van der Waals surface area contributed by atoms with Crippen molar-refractivity contribution in [1.29, 1.82) is 0 Å². The number of aromatic nitrogens is 2. The van der Waals surface area contributed by atoms with Crippen molar-refractivity contribution in [1.82, 2.24) is 19.8 Å². The predicted molar refractivity (Wildman–Crippen MR) is 140 cm³/mol. The average Bonchev–Trinajstić information content (AvgIpc) is 3.39. The van der Waals surface area contributed by atoms with Crippen LogP contribution >= 0.6 is 0 Å². The molecule has 1 aromatic heterocycles. The van der Waals surface area contributed by atoms with Gasteiger partial charge in [-0.25, -0.2) is 9.97 Å². The molecule has 2 saturated heterocycles. The Balaban J connectivity index is 1.40. The van der Waals surface area contributed by atoms with E-state index in [4.69, 9.17) is 9.72 Å². The van der Waals surface area contributed by atoms with Crippen LogP contribution < -0.4 is 0 Å². The van der Waals surface area contributed by atoms with Gasteiger partial charge in [-0.3, -0.25) is 14.5 Å². The molecule has 4 heterocycles. The Morgan fingerprint density at radius 3 is 2.70 bits per heavy atom. The molecule has 6 bridgehead atoms. The number of aryl methyl sites for hydroxylation is 1. The van der Waals surface area contributed by atoms with Gasteiger partial charge in [-0.05, 0) is 66.8 Å². The van der Waals surface area contributed by atoms with Crippen LogP contribution in [-0.4, -0.2) is 70.3 Å². The van der Waals surface area contributed by atoms with Gasteiger partial charge in [0.15, 0.2) is 0 Å². The van der Waals surface area contributed by atoms with Gasteiger partial charge >= 0.3 is 0 Å². The van der Waals surface area contributed by atoms with Gasteiger partial charge < -0.3 is 9.64 Å². The molecular weight excluding hydrogens is 464 g/mol. The summed E-state index contributed by atoms with van der Waals surface area (Å²) in [5.74, 6) is 1.06. The van der Waals surface area contributed by atoms with Crippen LogP contribution in [0.15, 0.2) is 54.7 Å². The summed E-state index contributed by atoms with van der Waals surface area (Å²) < 4.78 is 5.45. The molecule has 37 heavy (non-hydrogen) atoms. The Hall–Kier alpha value is -3.42. The second kappa shape index (κ2) is 10.5. The number of amides is 1. The number of hydrogen-bond acceptors (Lipinski definition) is 6. The van der Waals surface area contributed by atoms with Gasteiger partial charge in [0.2, 0.25) is 0 Å². The molecular formula is C30H32N4O3. The number of carbonyl (C=O) groups excluding carboxylic acids is 2. The highest BCUT2D eigenvalue weighted by Crippen LogP contribution is 2.26. The number of carbonyl (C=O) groups is 2. The third kappa shape index (κ3) is 5.33. The zero-order valence-electron chi connectivity index (χ0n) is 21.1. The second-order valence-corrected chi connectivity index (χ2v) is 10.3. The predicted octanol–water partition coefficient (Wildman–Crippen LogP) is 3.69. The minimum atomic E-state index is -0.0609. The Labute approximate surface area is 217 Å². The largest absolute Gasteiger partial charge is 0.378 e. The molecule has 7 nitrogen and oxygen atoms in total. The number of Topliss-reactive ketones (excluding diaryl/α,β-unsaturated/α-hetero) is 1. The number of ether oxygens (including phenoxy) is 1. The van der Waals surface area contributed by atoms with E-state index in [1.165, 1.54) is 0 Å². The van der Waals surface area contributed by atoms with Crippen LogP contribution in [0.1, 0.15) is 52.1 Å². The van der Waals surface area contributed by atoms with E-state index in [-0.39, 0.29) is 11.9 Å². The molecule has 3 aliphatic heterocycles. The first-order valence-corrected chi connectivity index (χ1v) is 13.3. The Kier molecular flexibility index (Phi) is 6.81. The minimum Gasteiger partial charge on any atom is -0.378 e. The first-order valence-electron chi connectivity index (χ1n) is 13.3. The van der Waals surface area contributed by atoms with E-state index in [1.807, 2.05) is 29.2 Å². The Morgan fingerprint density at radius 2 is 1.81 bits per heavy atom. The van der Waals surface area contributed by atoms with Crippen LogP contribution in [0.25, 0.3) is 11.3 Å². The lowest BCUT2D eigenvalue weighted by molar-refractivity contribution is -0.123. The summed E-state index contributed by atoms with van der Waals surface area (Å²) in [5.41, 5.74) is 5.80. The van der Waals surface area contributed by atoms with Gasteiger partial charge in [0, 0.05) is 49.8 Å². The monoisotopic (exact) mass is 496 g/mol. The highest BCUT2D eigenvalue weighted by atomic mass is 16.5. The van der Waals surface area contributed by atoms with E-state index in [0.29, 0.717) is 57.0 Å². The molecule has 1 amide bonds. The normalized spacial score (nSPS) is 20.5. The fourth-order valence-electron chi connectivity index (χ4n) is 5.79. The Morgan fingerprint density at radius 1 is 0.946 bits per heavy atom. The molecule has 0 unspecified atom stereocenters. The van der Waals surface area contributed by atoms with Crippen LogP contribution in [0.2, 0.25) is 0 Å². The third-order valence-corrected chi connectivity index (χ3v) is 7.67. The SMILES string of the molecule is O=C1CCc2cccc(c2)-c2ccnc(n2)Cc2cc(cc(C(=O)N3CCOCC3)c2)CN2CCC[C@H]12. The molecule has 6 rings (SSSR count). The van der Waals surface area contributed by atoms with Crippen molar-refractivity contribution in [3.8, 4) is 11.3 Å². The van der Waals surface area contributed by atoms with Gasteiger partial charge in [-0.15, -0.1) is 0 Å². The molecule has 0 spiro atoms. The first-order chi connectivity index (χ1) is 18.1. The molecule has 0 saturated carbocycles. The minimum absolute atomic E-state index is 0.0290. The topological polar surface area (TPSA) is 75.6 Å². The number of rotatable bonds is 1. The number of benzene rings is 2. The number of morpholine rings is 1. The zero-order valence-corrected chi connectivity index (χ0v) is 21.1. The van der Waals surface area contributed by atoms with E-state index < -0.39 is 0 Å². The maximum absolute atomic E-state index is 13.4. The van der Waals surface area contributed by atoms with Gasteiger partial charge in [0.05, 0.1) is 24.9 Å². The summed E-state index contributed by atoms with van der Waals surface area (Å²) in [6, 6.07) is 16.3. The molecule has 3 aliphatic rings. The molecule has 3 aromatic rings. The third-order valence-electron chi connectivity index (χ3n) is 7.67. The fraction of sp³-hybridized carbons (Fsp3) is 0.400. The summed E-state index contributed by atoms with van der Waals surface area (Å²) in [4.78, 5) is 40.3. The van der Waals surface area contributed by atoms with Gasteiger partial charge in [-0.2, -0.15) is 0 Å². The number of ketones is 1. The van der Waals surface area contributed by atoms with E-state index in [2.05, 4.69) is 34.1 Å². The summed E-state index contributed by atoms with van der Waals surface area (Å²) in [5, 5.41) is 0. The van der Waals surface area contributed by atoms with Gasteiger partial charge in [0.25, 0.3) is 5.91 Å². The maximum Gasteiger partial charge on any atom is 0.254 e. The summed E-state index contributed by atoms with van der Waals surface area (Å²) >= 11 is 0. The maximum atomic E-state index is 13.4. The molecule has 0 N–H and O–H groups in total. The average molecular weight is 497 g/mol. The van der Waals surface area contributed by atoms with E-state index in [0.717, 1.165) is 59.6 Å². The lowest BCUT2D eigenvalue weighted by Crippen LogP contribution is -2.40. The van der Waals surface area contributed by atoms with Crippen molar-refractivity contribution in [2.45, 2.75) is 44.7 Å². The summed E-state index contributed by atoms with van der Waals surface area (Å²) in [6.07, 6.45) is 5.51. The lowest BCUT2D eigenvalue weighted by Gasteiger charge is -2.28. The van der Waals surface area contributed by atoms with Crippen molar-refractivity contribution < 1.29 is 14.3 Å². The smallest absolute Gasteiger partial charge is 0.254 e. The lowest BCUT2D eigenvalue weighted by atomic mass is 9.98. The van der Waals surface area contributed by atoms with Crippen molar-refractivity contribution in [2.24, 2.45) is 0 Å². The second-order valence-electron chi connectivity index (χ2n) is 10.3. The molecule has 7 heteroatoms. The highest BCUT2D eigenvalue weighted by molar-refractivity contribution is 5.94. The number of nitrogens with zero attached hydrogens (tertiary/aromatic N) is 4. The van der Waals surface area contributed by atoms with Gasteiger partial charge in [0.1, 0.15) is 11.6 Å². The quantitative estimate of drug-likeness (QED) is 0.512. The van der Waals surface area contributed by atoms with Crippen molar-refractivity contribution in [3.63, 3.8) is 0 Å². The molecule has 2 fully saturated rings. The number of fused-ring (bicyclic) bond motifs is 8. The van der Waals surface area contributed by atoms with Crippen LogP contribution in [0, 0.1) is 0 Å². The van der Waals surface area contributed by atoms with Crippen LogP contribution in [-0.2, 0) is 28.9 Å². The van der Waals surface area contributed by atoms with Crippen molar-refractivity contribution in [3.05, 3.63) is 82.8 Å². The van der Waals surface area contributed by atoms with Crippen molar-refractivity contribution in [2.75, 3.05) is 32.8 Å². The standard InChI is InChI=1S/C30H32N4O3/c35-28-7-6-21-3-1-4-24(16-21)26-8-9-31-29(32-26)19-22-15-23(20-34-10-2-5-27(28)34)18-25(17-22)30(36)33-11-13-37-14-12-33/h1,3-4,8-9,15-18,27H,2,5-7,10-14,19-20H2/t27-/m1/s1. The zero-order chi connectivity index (χ0) is 25.2. The molecule has 0 aliphatic carbocycles. The fourth-order valence-corrected chi connectivity index (χ4v) is 5.79. The molecule has 190 valence electrons. The van der Waals surface area contributed by atoms with Crippen molar-refractivity contribution >= 4 is 11.7 Å². The summed E-state index contributed by atoms with van der Waals surface area (Å²) in [6.45, 7) is 3.89. The molecule has 0 radical (unpaired) electrons. The molecule has 1 atom stereocenters. The van der Waals surface area contributed by atoms with Gasteiger partial charge in [-0.1, -0.05) is 24.3 Å². The van der Waals surface area contributed by atoms with E-state index in [1.54, 1.807) is 6.20 Å². The van der Waals surface area contributed by atoms with E-state index >= 15 is 0 Å². The van der Waals surface area contributed by atoms with Crippen LogP contribution in [0.5, 0.6) is 0 Å². The van der Waals surface area contributed by atoms with Crippen LogP contribution in [0.4, 0.5) is 0 Å².